The van der Waals surface area contributed by atoms with Crippen LogP contribution >= 0.6 is 0 Å². The highest BCUT2D eigenvalue weighted by Crippen LogP contribution is 2.43. The first-order chi connectivity index (χ1) is 10.5. The second kappa shape index (κ2) is 5.59. The maximum Gasteiger partial charge on any atom is 0.330 e. The number of fused-ring (bicyclic) bond motifs is 1. The maximum absolute atomic E-state index is 11.4. The van der Waals surface area contributed by atoms with Crippen molar-refractivity contribution in [3.05, 3.63) is 35.7 Å². The molecule has 4 heteroatoms. The van der Waals surface area contributed by atoms with E-state index in [1.807, 2.05) is 12.1 Å². The summed E-state index contributed by atoms with van der Waals surface area (Å²) in [6, 6.07) is 6.10. The topological polar surface area (TPSA) is 44.1 Å². The smallest absolute Gasteiger partial charge is 0.330 e. The van der Waals surface area contributed by atoms with Crippen LogP contribution in [-0.2, 0) is 22.0 Å². The van der Waals surface area contributed by atoms with Gasteiger partial charge in [0.25, 0.3) is 0 Å². The van der Waals surface area contributed by atoms with Crippen LogP contribution in [0.15, 0.2) is 24.3 Å². The monoisotopic (exact) mass is 298 g/mol. The van der Waals surface area contributed by atoms with Gasteiger partial charge >= 0.3 is 5.97 Å². The first-order valence-corrected chi connectivity index (χ1v) is 7.85. The number of rotatable bonds is 4. The minimum atomic E-state index is -0.314. The highest BCUT2D eigenvalue weighted by Gasteiger charge is 2.37. The SMILES string of the molecule is CCOC(=O)/C=C/c1ccc2c(c1)nc(C1(C)CCC1)n2C. The van der Waals surface area contributed by atoms with Crippen LogP contribution in [0.4, 0.5) is 0 Å². The van der Waals surface area contributed by atoms with Gasteiger partial charge in [-0.2, -0.15) is 0 Å². The van der Waals surface area contributed by atoms with Crippen molar-refractivity contribution in [1.82, 2.24) is 9.55 Å². The molecule has 0 amide bonds. The summed E-state index contributed by atoms with van der Waals surface area (Å²) in [7, 11) is 2.09. The van der Waals surface area contributed by atoms with Crippen molar-refractivity contribution in [2.24, 2.45) is 7.05 Å². The van der Waals surface area contributed by atoms with Gasteiger partial charge in [-0.3, -0.25) is 0 Å². The molecule has 0 bridgehead atoms. The molecule has 0 saturated heterocycles. The molecule has 0 aliphatic heterocycles. The summed E-state index contributed by atoms with van der Waals surface area (Å²) in [5.41, 5.74) is 3.30. The number of nitrogens with zero attached hydrogens (tertiary/aromatic N) is 2. The fourth-order valence-corrected chi connectivity index (χ4v) is 3.15. The number of ether oxygens (including phenoxy) is 1. The largest absolute Gasteiger partial charge is 0.463 e. The Hall–Kier alpha value is -2.10. The second-order valence-corrected chi connectivity index (χ2v) is 6.24. The van der Waals surface area contributed by atoms with Gasteiger partial charge in [0.2, 0.25) is 0 Å². The molecule has 1 aromatic heterocycles. The number of hydrogen-bond donors (Lipinski definition) is 0. The molecule has 0 N–H and O–H groups in total. The Morgan fingerprint density at radius 1 is 1.45 bits per heavy atom. The lowest BCUT2D eigenvalue weighted by atomic mass is 9.70. The number of esters is 1. The van der Waals surface area contributed by atoms with E-state index in [0.29, 0.717) is 6.61 Å². The lowest BCUT2D eigenvalue weighted by Gasteiger charge is -2.37. The van der Waals surface area contributed by atoms with E-state index in [9.17, 15) is 4.79 Å². The summed E-state index contributed by atoms with van der Waals surface area (Å²) in [5.74, 6) is 0.853. The van der Waals surface area contributed by atoms with Crippen LogP contribution in [0.25, 0.3) is 17.1 Å². The van der Waals surface area contributed by atoms with Gasteiger partial charge in [-0.25, -0.2) is 9.78 Å². The molecule has 116 valence electrons. The highest BCUT2D eigenvalue weighted by atomic mass is 16.5. The van der Waals surface area contributed by atoms with Gasteiger partial charge < -0.3 is 9.30 Å². The van der Waals surface area contributed by atoms with Crippen molar-refractivity contribution in [2.75, 3.05) is 6.61 Å². The zero-order valence-electron chi connectivity index (χ0n) is 13.4. The van der Waals surface area contributed by atoms with Crippen LogP contribution in [0, 0.1) is 0 Å². The Morgan fingerprint density at radius 3 is 2.86 bits per heavy atom. The van der Waals surface area contributed by atoms with Crippen molar-refractivity contribution >= 4 is 23.1 Å². The fourth-order valence-electron chi connectivity index (χ4n) is 3.15. The zero-order valence-corrected chi connectivity index (χ0v) is 13.4. The fraction of sp³-hybridized carbons (Fsp3) is 0.444. The summed E-state index contributed by atoms with van der Waals surface area (Å²) in [6.45, 7) is 4.48. The molecular weight excluding hydrogens is 276 g/mol. The zero-order chi connectivity index (χ0) is 15.7. The number of carbonyl (C=O) groups is 1. The minimum absolute atomic E-state index is 0.217. The standard InChI is InChI=1S/C18H22N2O2/c1-4-22-16(21)9-7-13-6-8-15-14(12-13)19-17(20(15)3)18(2)10-5-11-18/h6-9,12H,4-5,10-11H2,1-3H3/b9-7+. The Bertz CT molecular complexity index is 739. The van der Waals surface area contributed by atoms with Gasteiger partial charge in [-0.15, -0.1) is 0 Å². The van der Waals surface area contributed by atoms with Gasteiger partial charge in [0.1, 0.15) is 5.82 Å². The Kier molecular flexibility index (Phi) is 3.77. The summed E-state index contributed by atoms with van der Waals surface area (Å²) in [4.78, 5) is 16.2. The summed E-state index contributed by atoms with van der Waals surface area (Å²) < 4.78 is 7.10. The summed E-state index contributed by atoms with van der Waals surface area (Å²) in [5, 5.41) is 0. The average Bonchev–Trinajstić information content (AvgIpc) is 2.80. The predicted octanol–water partition coefficient (Wildman–Crippen LogP) is 3.59. The number of benzene rings is 1. The third-order valence-corrected chi connectivity index (χ3v) is 4.60. The molecule has 0 atom stereocenters. The van der Waals surface area contributed by atoms with Gasteiger partial charge in [-0.05, 0) is 43.5 Å². The molecule has 1 saturated carbocycles. The molecule has 1 fully saturated rings. The lowest BCUT2D eigenvalue weighted by Crippen LogP contribution is -2.33. The number of imidazole rings is 1. The van der Waals surface area contributed by atoms with Crippen molar-refractivity contribution in [3.8, 4) is 0 Å². The quantitative estimate of drug-likeness (QED) is 0.640. The molecule has 22 heavy (non-hydrogen) atoms. The Balaban J connectivity index is 1.92. The predicted molar refractivity (Wildman–Crippen MR) is 87.6 cm³/mol. The normalized spacial score (nSPS) is 16.9. The van der Waals surface area contributed by atoms with Crippen LogP contribution in [0.5, 0.6) is 0 Å². The molecule has 0 spiro atoms. The van der Waals surface area contributed by atoms with Gasteiger partial charge in [0.05, 0.1) is 17.6 Å². The summed E-state index contributed by atoms with van der Waals surface area (Å²) in [6.07, 6.45) is 6.94. The number of aryl methyl sites for hydroxylation is 1. The van der Waals surface area contributed by atoms with E-state index in [1.165, 1.54) is 31.2 Å². The van der Waals surface area contributed by atoms with Gasteiger partial charge in [-0.1, -0.05) is 19.4 Å². The van der Waals surface area contributed by atoms with E-state index >= 15 is 0 Å². The maximum atomic E-state index is 11.4. The van der Waals surface area contributed by atoms with E-state index in [4.69, 9.17) is 9.72 Å². The average molecular weight is 298 g/mol. The van der Waals surface area contributed by atoms with Gasteiger partial charge in [0.15, 0.2) is 0 Å². The third-order valence-electron chi connectivity index (χ3n) is 4.60. The molecule has 1 aliphatic rings. The molecule has 1 aromatic carbocycles. The first kappa shape index (κ1) is 14.8. The van der Waals surface area contributed by atoms with Crippen LogP contribution in [0.3, 0.4) is 0 Å². The molecule has 1 heterocycles. The van der Waals surface area contributed by atoms with Crippen LogP contribution in [0.1, 0.15) is 44.5 Å². The third kappa shape index (κ3) is 2.54. The highest BCUT2D eigenvalue weighted by molar-refractivity contribution is 5.88. The lowest BCUT2D eigenvalue weighted by molar-refractivity contribution is -0.137. The van der Waals surface area contributed by atoms with Crippen molar-refractivity contribution < 1.29 is 9.53 Å². The van der Waals surface area contributed by atoms with E-state index < -0.39 is 0 Å². The molecule has 2 aromatic rings. The van der Waals surface area contributed by atoms with Crippen molar-refractivity contribution in [3.63, 3.8) is 0 Å². The molecule has 0 unspecified atom stereocenters. The molecule has 4 nitrogen and oxygen atoms in total. The summed E-state index contributed by atoms with van der Waals surface area (Å²) >= 11 is 0. The van der Waals surface area contributed by atoms with E-state index in [-0.39, 0.29) is 11.4 Å². The number of hydrogen-bond acceptors (Lipinski definition) is 3. The second-order valence-electron chi connectivity index (χ2n) is 6.24. The molecular formula is C18H22N2O2. The van der Waals surface area contributed by atoms with E-state index in [0.717, 1.165) is 16.6 Å². The van der Waals surface area contributed by atoms with E-state index in [1.54, 1.807) is 13.0 Å². The van der Waals surface area contributed by atoms with Crippen LogP contribution < -0.4 is 0 Å². The molecule has 1 aliphatic carbocycles. The Morgan fingerprint density at radius 2 is 2.23 bits per heavy atom. The molecule has 0 radical (unpaired) electrons. The van der Waals surface area contributed by atoms with Gasteiger partial charge in [0, 0.05) is 18.5 Å². The number of carbonyl (C=O) groups excluding carboxylic acids is 1. The minimum Gasteiger partial charge on any atom is -0.463 e. The van der Waals surface area contributed by atoms with Crippen LogP contribution in [-0.4, -0.2) is 22.1 Å². The Labute approximate surface area is 130 Å². The van der Waals surface area contributed by atoms with Crippen LogP contribution in [0.2, 0.25) is 0 Å². The number of aromatic nitrogens is 2. The van der Waals surface area contributed by atoms with Crippen molar-refractivity contribution in [1.29, 1.82) is 0 Å². The molecule has 3 rings (SSSR count). The first-order valence-electron chi connectivity index (χ1n) is 7.85. The van der Waals surface area contributed by atoms with Crippen molar-refractivity contribution in [2.45, 2.75) is 38.5 Å². The van der Waals surface area contributed by atoms with E-state index in [2.05, 4.69) is 24.6 Å².